The Hall–Kier alpha value is -1.16. The number of aromatic nitrogens is 2. The third-order valence-corrected chi connectivity index (χ3v) is 5.66. The molecule has 2 heterocycles. The Balaban J connectivity index is 0.00000280. The smallest absolute Gasteiger partial charge is 0.225 e. The molecule has 158 valence electrons. The molecule has 1 saturated carbocycles. The van der Waals surface area contributed by atoms with Crippen molar-refractivity contribution >= 4 is 35.9 Å². The zero-order valence-corrected chi connectivity index (χ0v) is 19.7. The van der Waals surface area contributed by atoms with Crippen molar-refractivity contribution in [3.05, 3.63) is 18.5 Å². The predicted molar refractivity (Wildman–Crippen MR) is 127 cm³/mol. The molecule has 1 aliphatic carbocycles. The molecule has 2 aliphatic rings. The SMILES string of the molecule is CCNC(=NCCN(C)C1CCCCC1)N1CCN(c2ncccn2)CC1.I. The van der Waals surface area contributed by atoms with Gasteiger partial charge in [-0.3, -0.25) is 4.99 Å². The van der Waals surface area contributed by atoms with Gasteiger partial charge in [-0.05, 0) is 32.9 Å². The van der Waals surface area contributed by atoms with Crippen molar-refractivity contribution in [1.29, 1.82) is 0 Å². The lowest BCUT2D eigenvalue weighted by atomic mass is 9.94. The third kappa shape index (κ3) is 6.72. The first-order valence-electron chi connectivity index (χ1n) is 10.5. The second-order valence-corrected chi connectivity index (χ2v) is 7.53. The molecule has 8 heteroatoms. The number of nitrogens with zero attached hydrogens (tertiary/aromatic N) is 6. The summed E-state index contributed by atoms with van der Waals surface area (Å²) in [7, 11) is 2.26. The number of halogens is 1. The molecule has 0 aromatic carbocycles. The summed E-state index contributed by atoms with van der Waals surface area (Å²) in [5.41, 5.74) is 0. The molecule has 0 unspecified atom stereocenters. The van der Waals surface area contributed by atoms with Crippen LogP contribution < -0.4 is 10.2 Å². The minimum Gasteiger partial charge on any atom is -0.357 e. The van der Waals surface area contributed by atoms with Crippen molar-refractivity contribution in [3.63, 3.8) is 0 Å². The van der Waals surface area contributed by atoms with Crippen LogP contribution in [0.2, 0.25) is 0 Å². The fourth-order valence-corrected chi connectivity index (χ4v) is 4.02. The molecular formula is C20H36IN7. The highest BCUT2D eigenvalue weighted by atomic mass is 127. The molecule has 0 radical (unpaired) electrons. The topological polar surface area (TPSA) is 59.9 Å². The number of aliphatic imine (C=N–C) groups is 1. The molecule has 0 bridgehead atoms. The standard InChI is InChI=1S/C20H35N7.HI/c1-3-21-19(24-12-13-25(2)18-8-5-4-6-9-18)26-14-16-27(17-15-26)20-22-10-7-11-23-20;/h7,10-11,18H,3-6,8-9,12-17H2,1-2H3,(H,21,24);1H. The summed E-state index contributed by atoms with van der Waals surface area (Å²) in [6.07, 6.45) is 10.5. The Morgan fingerprint density at radius 3 is 2.46 bits per heavy atom. The second kappa shape index (κ2) is 12.4. The quantitative estimate of drug-likeness (QED) is 0.367. The summed E-state index contributed by atoms with van der Waals surface area (Å²) in [6.45, 7) is 8.68. The molecule has 7 nitrogen and oxygen atoms in total. The lowest BCUT2D eigenvalue weighted by Crippen LogP contribution is -2.53. The number of nitrogens with one attached hydrogen (secondary N) is 1. The molecule has 28 heavy (non-hydrogen) atoms. The minimum absolute atomic E-state index is 0. The van der Waals surface area contributed by atoms with E-state index in [1.807, 2.05) is 18.5 Å². The Labute approximate surface area is 187 Å². The van der Waals surface area contributed by atoms with Crippen molar-refractivity contribution in [1.82, 2.24) is 25.1 Å². The van der Waals surface area contributed by atoms with Gasteiger partial charge in [-0.2, -0.15) is 0 Å². The van der Waals surface area contributed by atoms with Gasteiger partial charge in [-0.15, -0.1) is 24.0 Å². The van der Waals surface area contributed by atoms with Crippen LogP contribution in [0.25, 0.3) is 0 Å². The minimum atomic E-state index is 0. The van der Waals surface area contributed by atoms with Gasteiger partial charge in [0, 0.05) is 57.7 Å². The number of anilines is 1. The van der Waals surface area contributed by atoms with Crippen LogP contribution in [-0.4, -0.2) is 84.6 Å². The highest BCUT2D eigenvalue weighted by Crippen LogP contribution is 2.21. The van der Waals surface area contributed by atoms with E-state index in [0.717, 1.165) is 63.8 Å². The molecule has 0 atom stereocenters. The Morgan fingerprint density at radius 1 is 1.14 bits per heavy atom. The maximum Gasteiger partial charge on any atom is 0.225 e. The summed E-state index contributed by atoms with van der Waals surface area (Å²) in [6, 6.07) is 2.62. The number of rotatable bonds is 6. The zero-order valence-electron chi connectivity index (χ0n) is 17.4. The molecule has 3 rings (SSSR count). The fourth-order valence-electron chi connectivity index (χ4n) is 4.02. The van der Waals surface area contributed by atoms with Crippen LogP contribution >= 0.6 is 24.0 Å². The molecule has 0 amide bonds. The summed E-state index contributed by atoms with van der Waals surface area (Å²) < 4.78 is 0. The lowest BCUT2D eigenvalue weighted by Gasteiger charge is -2.36. The Kier molecular flexibility index (Phi) is 10.3. The number of guanidine groups is 1. The van der Waals surface area contributed by atoms with Crippen LogP contribution in [0.15, 0.2) is 23.5 Å². The van der Waals surface area contributed by atoms with Gasteiger partial charge in [0.1, 0.15) is 0 Å². The average Bonchev–Trinajstić information content (AvgIpc) is 2.74. The maximum atomic E-state index is 4.91. The fraction of sp³-hybridized carbons (Fsp3) is 0.750. The summed E-state index contributed by atoms with van der Waals surface area (Å²) >= 11 is 0. The first kappa shape index (κ1) is 23.1. The van der Waals surface area contributed by atoms with Crippen LogP contribution in [0.5, 0.6) is 0 Å². The second-order valence-electron chi connectivity index (χ2n) is 7.53. The summed E-state index contributed by atoms with van der Waals surface area (Å²) in [4.78, 5) is 20.8. The largest absolute Gasteiger partial charge is 0.357 e. The molecule has 1 aromatic rings. The van der Waals surface area contributed by atoms with Crippen LogP contribution in [0.1, 0.15) is 39.0 Å². The van der Waals surface area contributed by atoms with E-state index in [9.17, 15) is 0 Å². The van der Waals surface area contributed by atoms with Gasteiger partial charge >= 0.3 is 0 Å². The number of likely N-dealkylation sites (N-methyl/N-ethyl adjacent to an activating group) is 1. The van der Waals surface area contributed by atoms with E-state index in [4.69, 9.17) is 4.99 Å². The van der Waals surface area contributed by atoms with Crippen molar-refractivity contribution in [2.75, 3.05) is 57.8 Å². The van der Waals surface area contributed by atoms with E-state index >= 15 is 0 Å². The van der Waals surface area contributed by atoms with Gasteiger partial charge in [-0.25, -0.2) is 9.97 Å². The number of hydrogen-bond donors (Lipinski definition) is 1. The predicted octanol–water partition coefficient (Wildman–Crippen LogP) is 2.45. The maximum absolute atomic E-state index is 4.91. The van der Waals surface area contributed by atoms with Gasteiger partial charge in [0.05, 0.1) is 6.54 Å². The van der Waals surface area contributed by atoms with Gasteiger partial charge in [-0.1, -0.05) is 19.3 Å². The average molecular weight is 501 g/mol. The van der Waals surface area contributed by atoms with E-state index in [1.54, 1.807) is 0 Å². The van der Waals surface area contributed by atoms with Crippen LogP contribution in [0, 0.1) is 0 Å². The summed E-state index contributed by atoms with van der Waals surface area (Å²) in [5, 5.41) is 3.47. The lowest BCUT2D eigenvalue weighted by molar-refractivity contribution is 0.196. The van der Waals surface area contributed by atoms with Gasteiger partial charge in [0.25, 0.3) is 0 Å². The third-order valence-electron chi connectivity index (χ3n) is 5.66. The van der Waals surface area contributed by atoms with Crippen LogP contribution in [0.3, 0.4) is 0 Å². The summed E-state index contributed by atoms with van der Waals surface area (Å²) in [5.74, 6) is 1.87. The number of hydrogen-bond acceptors (Lipinski definition) is 5. The number of piperazine rings is 1. The van der Waals surface area contributed by atoms with Crippen molar-refractivity contribution in [3.8, 4) is 0 Å². The molecular weight excluding hydrogens is 465 g/mol. The normalized spacial score (nSPS) is 18.9. The molecule has 1 aliphatic heterocycles. The van der Waals surface area contributed by atoms with Gasteiger partial charge in [0.2, 0.25) is 5.95 Å². The van der Waals surface area contributed by atoms with E-state index < -0.39 is 0 Å². The zero-order chi connectivity index (χ0) is 18.9. The van der Waals surface area contributed by atoms with Crippen molar-refractivity contribution in [2.24, 2.45) is 4.99 Å². The highest BCUT2D eigenvalue weighted by molar-refractivity contribution is 14.0. The van der Waals surface area contributed by atoms with E-state index in [1.165, 1.54) is 32.1 Å². The monoisotopic (exact) mass is 501 g/mol. The van der Waals surface area contributed by atoms with Crippen molar-refractivity contribution < 1.29 is 0 Å². The first-order chi connectivity index (χ1) is 13.3. The van der Waals surface area contributed by atoms with Crippen molar-refractivity contribution in [2.45, 2.75) is 45.1 Å². The van der Waals surface area contributed by atoms with Crippen LogP contribution in [-0.2, 0) is 0 Å². The first-order valence-corrected chi connectivity index (χ1v) is 10.5. The Bertz CT molecular complexity index is 569. The molecule has 2 fully saturated rings. The molecule has 1 aromatic heterocycles. The van der Waals surface area contributed by atoms with E-state index in [2.05, 4.69) is 44.0 Å². The molecule has 1 saturated heterocycles. The van der Waals surface area contributed by atoms with E-state index in [-0.39, 0.29) is 24.0 Å². The molecule has 1 N–H and O–H groups in total. The Morgan fingerprint density at radius 2 is 1.82 bits per heavy atom. The van der Waals surface area contributed by atoms with Crippen LogP contribution in [0.4, 0.5) is 5.95 Å². The highest BCUT2D eigenvalue weighted by Gasteiger charge is 2.21. The molecule has 0 spiro atoms. The van der Waals surface area contributed by atoms with E-state index in [0.29, 0.717) is 0 Å². The van der Waals surface area contributed by atoms with Gasteiger partial charge < -0.3 is 20.0 Å². The van der Waals surface area contributed by atoms with Gasteiger partial charge in [0.15, 0.2) is 5.96 Å².